The second-order valence-electron chi connectivity index (χ2n) is 8.40. The molecule has 4 rings (SSSR count). The number of halogens is 3. The molecule has 2 aliphatic rings. The zero-order valence-electron chi connectivity index (χ0n) is 17.9. The molecule has 2 aliphatic heterocycles. The van der Waals surface area contributed by atoms with Gasteiger partial charge in [0.15, 0.2) is 0 Å². The van der Waals surface area contributed by atoms with Crippen LogP contribution in [0.3, 0.4) is 0 Å². The zero-order valence-corrected chi connectivity index (χ0v) is 17.9. The molecule has 2 aromatic rings. The zero-order chi connectivity index (χ0) is 21.8. The Morgan fingerprint density at radius 2 is 1.81 bits per heavy atom. The van der Waals surface area contributed by atoms with E-state index in [1.807, 2.05) is 12.1 Å². The third-order valence-electron chi connectivity index (χ3n) is 6.23. The van der Waals surface area contributed by atoms with Gasteiger partial charge in [0.2, 0.25) is 0 Å². The molecule has 0 saturated carbocycles. The van der Waals surface area contributed by atoms with Gasteiger partial charge in [-0.15, -0.1) is 0 Å². The maximum atomic E-state index is 13.0. The summed E-state index contributed by atoms with van der Waals surface area (Å²) in [6.07, 6.45) is -2.00. The van der Waals surface area contributed by atoms with Crippen LogP contribution >= 0.6 is 0 Å². The lowest BCUT2D eigenvalue weighted by molar-refractivity contribution is -0.137. The number of ether oxygens (including phenoxy) is 1. The van der Waals surface area contributed by atoms with E-state index in [4.69, 9.17) is 9.15 Å². The SMILES string of the molecule is COCc1ccc(CN2CCCC(N3CCN(c4cccc(C(F)(F)F)c4)CC3)C2)o1. The van der Waals surface area contributed by atoms with Crippen LogP contribution in [0, 0.1) is 0 Å². The first-order chi connectivity index (χ1) is 14.9. The molecule has 3 heterocycles. The fourth-order valence-corrected chi connectivity index (χ4v) is 4.64. The number of piperazine rings is 1. The van der Waals surface area contributed by atoms with Crippen LogP contribution in [-0.4, -0.2) is 62.2 Å². The molecule has 0 spiro atoms. The van der Waals surface area contributed by atoms with Crippen LogP contribution < -0.4 is 4.90 Å². The third kappa shape index (κ3) is 5.61. The summed E-state index contributed by atoms with van der Waals surface area (Å²) in [5, 5.41) is 0. The van der Waals surface area contributed by atoms with Crippen molar-refractivity contribution in [2.75, 3.05) is 51.3 Å². The van der Waals surface area contributed by atoms with Crippen LogP contribution in [0.5, 0.6) is 0 Å². The number of likely N-dealkylation sites (tertiary alicyclic amines) is 1. The summed E-state index contributed by atoms with van der Waals surface area (Å²) in [5.74, 6) is 1.80. The highest BCUT2D eigenvalue weighted by Gasteiger charge is 2.32. The van der Waals surface area contributed by atoms with Crippen LogP contribution in [0.15, 0.2) is 40.8 Å². The number of rotatable bonds is 6. The van der Waals surface area contributed by atoms with Gasteiger partial charge in [0, 0.05) is 51.6 Å². The number of furan rings is 1. The Balaban J connectivity index is 1.30. The van der Waals surface area contributed by atoms with E-state index in [9.17, 15) is 13.2 Å². The van der Waals surface area contributed by atoms with Crippen LogP contribution in [-0.2, 0) is 24.1 Å². The highest BCUT2D eigenvalue weighted by atomic mass is 19.4. The van der Waals surface area contributed by atoms with Gasteiger partial charge in [-0.1, -0.05) is 6.07 Å². The first-order valence-corrected chi connectivity index (χ1v) is 10.9. The Hall–Kier alpha value is -2.03. The summed E-state index contributed by atoms with van der Waals surface area (Å²) in [4.78, 5) is 6.99. The summed E-state index contributed by atoms with van der Waals surface area (Å²) in [7, 11) is 1.66. The quantitative estimate of drug-likeness (QED) is 0.675. The molecule has 1 unspecified atom stereocenters. The summed E-state index contributed by atoms with van der Waals surface area (Å²) in [5.41, 5.74) is 0.0753. The molecule has 170 valence electrons. The van der Waals surface area contributed by atoms with Crippen molar-refractivity contribution >= 4 is 5.69 Å². The molecule has 31 heavy (non-hydrogen) atoms. The van der Waals surface area contributed by atoms with E-state index in [1.54, 1.807) is 13.2 Å². The van der Waals surface area contributed by atoms with Crippen molar-refractivity contribution in [3.05, 3.63) is 53.5 Å². The van der Waals surface area contributed by atoms with Gasteiger partial charge in [-0.25, -0.2) is 0 Å². The molecule has 8 heteroatoms. The minimum Gasteiger partial charge on any atom is -0.462 e. The first kappa shape index (κ1) is 22.2. The monoisotopic (exact) mass is 437 g/mol. The minimum atomic E-state index is -4.30. The number of alkyl halides is 3. The van der Waals surface area contributed by atoms with E-state index >= 15 is 0 Å². The first-order valence-electron chi connectivity index (χ1n) is 10.9. The molecule has 5 nitrogen and oxygen atoms in total. The van der Waals surface area contributed by atoms with Crippen LogP contribution in [0.2, 0.25) is 0 Å². The Bertz CT molecular complexity index is 847. The average molecular weight is 438 g/mol. The van der Waals surface area contributed by atoms with E-state index in [0.29, 0.717) is 18.3 Å². The van der Waals surface area contributed by atoms with E-state index in [0.717, 1.165) is 76.2 Å². The number of nitrogens with zero attached hydrogens (tertiary/aromatic N) is 3. The lowest BCUT2D eigenvalue weighted by atomic mass is 10.0. The van der Waals surface area contributed by atoms with Crippen molar-refractivity contribution in [1.29, 1.82) is 0 Å². The van der Waals surface area contributed by atoms with Gasteiger partial charge < -0.3 is 14.1 Å². The van der Waals surface area contributed by atoms with Crippen LogP contribution in [0.4, 0.5) is 18.9 Å². The lowest BCUT2D eigenvalue weighted by Crippen LogP contribution is -2.55. The topological polar surface area (TPSA) is 32.1 Å². The second-order valence-corrected chi connectivity index (χ2v) is 8.40. The Morgan fingerprint density at radius 1 is 1.03 bits per heavy atom. The lowest BCUT2D eigenvalue weighted by Gasteiger charge is -2.44. The molecule has 1 aromatic heterocycles. The molecule has 0 bridgehead atoms. The fraction of sp³-hybridized carbons (Fsp3) is 0.565. The molecule has 0 N–H and O–H groups in total. The molecule has 0 radical (unpaired) electrons. The Kier molecular flexibility index (Phi) is 6.89. The summed E-state index contributed by atoms with van der Waals surface area (Å²) in [6, 6.07) is 10.1. The van der Waals surface area contributed by atoms with Gasteiger partial charge in [0.05, 0.1) is 12.1 Å². The maximum Gasteiger partial charge on any atom is 0.416 e. The number of hydrogen-bond donors (Lipinski definition) is 0. The number of hydrogen-bond acceptors (Lipinski definition) is 5. The normalized spacial score (nSPS) is 21.5. The third-order valence-corrected chi connectivity index (χ3v) is 6.23. The molecule has 1 aromatic carbocycles. The van der Waals surface area contributed by atoms with Gasteiger partial charge in [0.1, 0.15) is 18.1 Å². The highest BCUT2D eigenvalue weighted by molar-refractivity contribution is 5.49. The van der Waals surface area contributed by atoms with Crippen molar-refractivity contribution < 1.29 is 22.3 Å². The smallest absolute Gasteiger partial charge is 0.416 e. The van der Waals surface area contributed by atoms with E-state index in [1.165, 1.54) is 12.1 Å². The highest BCUT2D eigenvalue weighted by Crippen LogP contribution is 2.32. The average Bonchev–Trinajstić information content (AvgIpc) is 3.21. The minimum absolute atomic E-state index is 0.478. The standard InChI is InChI=1S/C23H30F3N3O2/c1-30-17-22-8-7-21(31-22)16-27-9-3-6-20(15-27)29-12-10-28(11-13-29)19-5-2-4-18(14-19)23(24,25)26/h2,4-5,7-8,14,20H,3,6,9-13,15-17H2,1H3. The van der Waals surface area contributed by atoms with Gasteiger partial charge in [-0.3, -0.25) is 9.80 Å². The van der Waals surface area contributed by atoms with E-state index < -0.39 is 11.7 Å². The van der Waals surface area contributed by atoms with Crippen molar-refractivity contribution in [2.24, 2.45) is 0 Å². The molecule has 2 saturated heterocycles. The Labute approximate surface area is 181 Å². The van der Waals surface area contributed by atoms with Crippen LogP contribution in [0.1, 0.15) is 29.9 Å². The molecule has 1 atom stereocenters. The van der Waals surface area contributed by atoms with E-state index in [-0.39, 0.29) is 0 Å². The second kappa shape index (κ2) is 9.63. The molecular formula is C23H30F3N3O2. The van der Waals surface area contributed by atoms with Crippen molar-refractivity contribution in [1.82, 2.24) is 9.80 Å². The van der Waals surface area contributed by atoms with Gasteiger partial charge in [-0.2, -0.15) is 13.2 Å². The molecule has 0 aliphatic carbocycles. The van der Waals surface area contributed by atoms with Gasteiger partial charge in [-0.05, 0) is 49.7 Å². The summed E-state index contributed by atoms with van der Waals surface area (Å²) in [6.45, 7) is 6.56. The van der Waals surface area contributed by atoms with Crippen LogP contribution in [0.25, 0.3) is 0 Å². The predicted octanol–water partition coefficient (Wildman–Crippen LogP) is 4.23. The number of anilines is 1. The number of methoxy groups -OCH3 is 1. The number of piperidine rings is 1. The Morgan fingerprint density at radius 3 is 2.55 bits per heavy atom. The molecule has 2 fully saturated rings. The summed E-state index contributed by atoms with van der Waals surface area (Å²) < 4.78 is 50.0. The van der Waals surface area contributed by atoms with E-state index in [2.05, 4.69) is 14.7 Å². The molecule has 0 amide bonds. The number of benzene rings is 1. The summed E-state index contributed by atoms with van der Waals surface area (Å²) >= 11 is 0. The van der Waals surface area contributed by atoms with Gasteiger partial charge >= 0.3 is 6.18 Å². The van der Waals surface area contributed by atoms with Gasteiger partial charge in [0.25, 0.3) is 0 Å². The maximum absolute atomic E-state index is 13.0. The van der Waals surface area contributed by atoms with Crippen molar-refractivity contribution in [3.63, 3.8) is 0 Å². The largest absolute Gasteiger partial charge is 0.462 e. The fourth-order valence-electron chi connectivity index (χ4n) is 4.64. The van der Waals surface area contributed by atoms with Crippen molar-refractivity contribution in [3.8, 4) is 0 Å². The molecular weight excluding hydrogens is 407 g/mol. The van der Waals surface area contributed by atoms with Crippen molar-refractivity contribution in [2.45, 2.75) is 38.2 Å². The predicted molar refractivity (Wildman–Crippen MR) is 113 cm³/mol.